The number of hydrogen-bond acceptors (Lipinski definition) is 4. The first-order valence-electron chi connectivity index (χ1n) is 13.7. The molecule has 9 heteroatoms. The highest BCUT2D eigenvalue weighted by Gasteiger charge is 2.36. The molecule has 2 aromatic rings. The van der Waals surface area contributed by atoms with Gasteiger partial charge in [-0.05, 0) is 36.5 Å². The number of Topliss-reactive ketones (excluding diaryl/α,β-unsaturated/α-hetero) is 1. The molecule has 39 heavy (non-hydrogen) atoms. The van der Waals surface area contributed by atoms with Gasteiger partial charge in [0.1, 0.15) is 17.5 Å². The van der Waals surface area contributed by atoms with Crippen LogP contribution >= 0.6 is 0 Å². The maximum absolute atomic E-state index is 15.5. The lowest BCUT2D eigenvalue weighted by Crippen LogP contribution is -2.51. The van der Waals surface area contributed by atoms with Crippen molar-refractivity contribution in [1.82, 2.24) is 15.5 Å². The minimum atomic E-state index is -0.683. The van der Waals surface area contributed by atoms with Crippen LogP contribution in [0.4, 0.5) is 13.2 Å². The fraction of sp³-hybridized carbons (Fsp3) is 0.500. The van der Waals surface area contributed by atoms with E-state index in [0.717, 1.165) is 44.2 Å². The number of nitrogens with one attached hydrogen (secondary N) is 2. The molecule has 0 unspecified atom stereocenters. The summed E-state index contributed by atoms with van der Waals surface area (Å²) in [6, 6.07) is 7.30. The van der Waals surface area contributed by atoms with Gasteiger partial charge in [-0.1, -0.05) is 51.3 Å². The number of rotatable bonds is 10. The maximum atomic E-state index is 15.5. The molecule has 6 nitrogen and oxygen atoms in total. The zero-order chi connectivity index (χ0) is 28.1. The molecule has 2 aliphatic rings. The predicted octanol–water partition coefficient (Wildman–Crippen LogP) is 4.72. The van der Waals surface area contributed by atoms with Crippen LogP contribution in [0.2, 0.25) is 0 Å². The van der Waals surface area contributed by atoms with Gasteiger partial charge in [0.25, 0.3) is 5.91 Å². The molecule has 0 aromatic heterocycles. The molecule has 1 saturated heterocycles. The lowest BCUT2D eigenvalue weighted by atomic mass is 9.80. The third-order valence-electron chi connectivity index (χ3n) is 7.84. The van der Waals surface area contributed by atoms with Crippen LogP contribution in [0.5, 0.6) is 0 Å². The highest BCUT2D eigenvalue weighted by Crippen LogP contribution is 2.31. The molecule has 4 rings (SSSR count). The first kappa shape index (κ1) is 28.8. The van der Waals surface area contributed by atoms with E-state index >= 15 is 4.39 Å². The SMILES string of the molecule is CC(C)C(=O)[C@H](NC(=O)c1cccc(C2CN(C(=O)CNCc3ccc(F)cc3F)C2)c1F)C1CCCCC1. The average Bonchev–Trinajstić information content (AvgIpc) is 2.88. The molecule has 210 valence electrons. The largest absolute Gasteiger partial charge is 0.342 e. The third-order valence-corrected chi connectivity index (χ3v) is 7.84. The average molecular weight is 544 g/mol. The van der Waals surface area contributed by atoms with Gasteiger partial charge in [0.2, 0.25) is 5.91 Å². The van der Waals surface area contributed by atoms with Crippen LogP contribution in [-0.4, -0.2) is 48.2 Å². The first-order valence-corrected chi connectivity index (χ1v) is 13.7. The quantitative estimate of drug-likeness (QED) is 0.455. The van der Waals surface area contributed by atoms with Gasteiger partial charge in [-0.15, -0.1) is 0 Å². The number of benzene rings is 2. The van der Waals surface area contributed by atoms with Crippen molar-refractivity contribution in [2.24, 2.45) is 11.8 Å². The van der Waals surface area contributed by atoms with Crippen LogP contribution in [0, 0.1) is 29.3 Å². The van der Waals surface area contributed by atoms with Crippen LogP contribution in [0.1, 0.15) is 73.4 Å². The van der Waals surface area contributed by atoms with Crippen molar-refractivity contribution in [3.05, 3.63) is 70.5 Å². The number of likely N-dealkylation sites (tertiary alicyclic amines) is 1. The van der Waals surface area contributed by atoms with Crippen LogP contribution in [0.25, 0.3) is 0 Å². The van der Waals surface area contributed by atoms with Gasteiger partial charge >= 0.3 is 0 Å². The first-order chi connectivity index (χ1) is 18.7. The number of hydrogen-bond donors (Lipinski definition) is 2. The Morgan fingerprint density at radius 1 is 1.00 bits per heavy atom. The van der Waals surface area contributed by atoms with E-state index in [1.807, 2.05) is 13.8 Å². The molecular formula is C30H36F3N3O3. The van der Waals surface area contributed by atoms with Gasteiger partial charge in [-0.3, -0.25) is 14.4 Å². The normalized spacial score (nSPS) is 17.1. The van der Waals surface area contributed by atoms with E-state index < -0.39 is 29.4 Å². The van der Waals surface area contributed by atoms with Crippen molar-refractivity contribution < 1.29 is 27.6 Å². The van der Waals surface area contributed by atoms with Crippen molar-refractivity contribution in [3.8, 4) is 0 Å². The molecule has 1 saturated carbocycles. The minimum Gasteiger partial charge on any atom is -0.342 e. The standard InChI is InChI=1S/C30H36F3N3O3/c1-18(2)29(38)28(19-7-4-3-5-8-19)35-30(39)24-10-6-9-23(27(24)33)21-16-36(17-21)26(37)15-34-14-20-11-12-22(31)13-25(20)32/h6,9-13,18-19,21,28,34H,3-5,7-8,14-17H2,1-2H3,(H,35,39)/t28-/m1/s1. The number of ketones is 1. The Hall–Kier alpha value is -3.20. The Kier molecular flexibility index (Phi) is 9.43. The van der Waals surface area contributed by atoms with Crippen LogP contribution in [-0.2, 0) is 16.1 Å². The van der Waals surface area contributed by atoms with Gasteiger partial charge in [0.15, 0.2) is 5.78 Å². The summed E-state index contributed by atoms with van der Waals surface area (Å²) in [4.78, 5) is 40.1. The number of amides is 2. The Morgan fingerprint density at radius 2 is 1.72 bits per heavy atom. The molecule has 2 amide bonds. The second kappa shape index (κ2) is 12.8. The van der Waals surface area contributed by atoms with Crippen molar-refractivity contribution >= 4 is 17.6 Å². The summed E-state index contributed by atoms with van der Waals surface area (Å²) in [5.74, 6) is -3.26. The van der Waals surface area contributed by atoms with Crippen molar-refractivity contribution in [2.75, 3.05) is 19.6 Å². The summed E-state index contributed by atoms with van der Waals surface area (Å²) < 4.78 is 42.3. The molecule has 1 atom stereocenters. The fourth-order valence-electron chi connectivity index (χ4n) is 5.47. The second-order valence-electron chi connectivity index (χ2n) is 11.0. The molecule has 1 heterocycles. The van der Waals surface area contributed by atoms with Crippen LogP contribution in [0.15, 0.2) is 36.4 Å². The molecule has 2 aromatic carbocycles. The number of carbonyl (C=O) groups is 3. The lowest BCUT2D eigenvalue weighted by Gasteiger charge is -2.40. The predicted molar refractivity (Wildman–Crippen MR) is 141 cm³/mol. The van der Waals surface area contributed by atoms with Gasteiger partial charge in [-0.2, -0.15) is 0 Å². The Balaban J connectivity index is 1.34. The Labute approximate surface area is 227 Å². The summed E-state index contributed by atoms with van der Waals surface area (Å²) in [6.45, 7) is 4.24. The molecule has 1 aliphatic carbocycles. The summed E-state index contributed by atoms with van der Waals surface area (Å²) >= 11 is 0. The smallest absolute Gasteiger partial charge is 0.254 e. The van der Waals surface area contributed by atoms with E-state index in [2.05, 4.69) is 10.6 Å². The molecule has 0 bridgehead atoms. The van der Waals surface area contributed by atoms with Crippen molar-refractivity contribution in [1.29, 1.82) is 0 Å². The molecule has 1 aliphatic heterocycles. The zero-order valence-corrected chi connectivity index (χ0v) is 22.4. The summed E-state index contributed by atoms with van der Waals surface area (Å²) in [7, 11) is 0. The molecule has 0 radical (unpaired) electrons. The van der Waals surface area contributed by atoms with Crippen molar-refractivity contribution in [2.45, 2.75) is 64.5 Å². The summed E-state index contributed by atoms with van der Waals surface area (Å²) in [5.41, 5.74) is 0.513. The van der Waals surface area contributed by atoms with E-state index in [1.54, 1.807) is 17.0 Å². The highest BCUT2D eigenvalue weighted by molar-refractivity contribution is 5.98. The monoisotopic (exact) mass is 543 g/mol. The zero-order valence-electron chi connectivity index (χ0n) is 22.4. The Bertz CT molecular complexity index is 1210. The topological polar surface area (TPSA) is 78.5 Å². The van der Waals surface area contributed by atoms with Gasteiger partial charge in [0.05, 0.1) is 18.2 Å². The lowest BCUT2D eigenvalue weighted by molar-refractivity contribution is -0.134. The summed E-state index contributed by atoms with van der Waals surface area (Å²) in [5, 5.41) is 5.70. The minimum absolute atomic E-state index is 0.0317. The van der Waals surface area contributed by atoms with Crippen molar-refractivity contribution in [3.63, 3.8) is 0 Å². The summed E-state index contributed by atoms with van der Waals surface area (Å²) in [6.07, 6.45) is 4.88. The number of carbonyl (C=O) groups excluding carboxylic acids is 3. The van der Waals surface area contributed by atoms with E-state index in [4.69, 9.17) is 0 Å². The van der Waals surface area contributed by atoms with Gasteiger partial charge in [0, 0.05) is 43.1 Å². The van der Waals surface area contributed by atoms with E-state index in [-0.39, 0.29) is 53.7 Å². The second-order valence-corrected chi connectivity index (χ2v) is 11.0. The van der Waals surface area contributed by atoms with E-state index in [1.165, 1.54) is 12.1 Å². The number of halogens is 3. The third kappa shape index (κ3) is 6.87. The molecular weight excluding hydrogens is 507 g/mol. The van der Waals surface area contributed by atoms with Crippen LogP contribution in [0.3, 0.4) is 0 Å². The fourth-order valence-corrected chi connectivity index (χ4v) is 5.47. The van der Waals surface area contributed by atoms with E-state index in [9.17, 15) is 23.2 Å². The van der Waals surface area contributed by atoms with Gasteiger partial charge < -0.3 is 15.5 Å². The highest BCUT2D eigenvalue weighted by atomic mass is 19.1. The maximum Gasteiger partial charge on any atom is 0.254 e. The van der Waals surface area contributed by atoms with Crippen LogP contribution < -0.4 is 10.6 Å². The Morgan fingerprint density at radius 3 is 2.38 bits per heavy atom. The molecule has 2 N–H and O–H groups in total. The number of nitrogens with zero attached hydrogens (tertiary/aromatic N) is 1. The van der Waals surface area contributed by atoms with E-state index in [0.29, 0.717) is 18.7 Å². The molecule has 0 spiro atoms. The van der Waals surface area contributed by atoms with Gasteiger partial charge in [-0.25, -0.2) is 13.2 Å². The molecule has 2 fully saturated rings.